The molecule has 0 spiro atoms. The maximum atomic E-state index is 5.46. The van der Waals surface area contributed by atoms with Gasteiger partial charge in [-0.05, 0) is 54.2 Å². The molecule has 236 valence electrons. The molecule has 2 unspecified atom stereocenters. The van der Waals surface area contributed by atoms with E-state index in [4.69, 9.17) is 15.0 Å². The maximum absolute atomic E-state index is 5.46. The van der Waals surface area contributed by atoms with Gasteiger partial charge in [-0.3, -0.25) is 4.57 Å². The van der Waals surface area contributed by atoms with Gasteiger partial charge < -0.3 is 4.57 Å². The molecule has 0 N–H and O–H groups in total. The summed E-state index contributed by atoms with van der Waals surface area (Å²) < 4.78 is 4.98. The molecule has 0 radical (unpaired) electrons. The average molecular weight is 642 g/mol. The van der Waals surface area contributed by atoms with E-state index in [9.17, 15) is 0 Å². The first-order valence-corrected chi connectivity index (χ1v) is 17.8. The Morgan fingerprint density at radius 1 is 0.660 bits per heavy atom. The molecule has 5 nitrogen and oxygen atoms in total. The molecule has 12 rings (SSSR count). The fourth-order valence-electron chi connectivity index (χ4n) is 9.71. The average Bonchev–Trinajstić information content (AvgIpc) is 3.78. The third-order valence-electron chi connectivity index (χ3n) is 11.9. The van der Waals surface area contributed by atoms with Gasteiger partial charge in [-0.2, -0.15) is 9.97 Å². The van der Waals surface area contributed by atoms with Crippen LogP contribution in [-0.2, 0) is 6.42 Å². The van der Waals surface area contributed by atoms with E-state index in [0.717, 1.165) is 48.2 Å². The lowest BCUT2D eigenvalue weighted by Gasteiger charge is -2.27. The number of fused-ring (bicyclic) bond motifs is 14. The van der Waals surface area contributed by atoms with Crippen LogP contribution in [0.4, 0.5) is 0 Å². The number of benzene rings is 4. The van der Waals surface area contributed by atoms with E-state index < -0.39 is 0 Å². The van der Waals surface area contributed by atoms with Crippen molar-refractivity contribution in [2.45, 2.75) is 25.7 Å². The maximum Gasteiger partial charge on any atom is 0.238 e. The summed E-state index contributed by atoms with van der Waals surface area (Å²) in [6, 6.07) is 37.2. The van der Waals surface area contributed by atoms with Crippen molar-refractivity contribution in [1.82, 2.24) is 24.1 Å². The van der Waals surface area contributed by atoms with E-state index in [1.165, 1.54) is 61.2 Å². The van der Waals surface area contributed by atoms with Gasteiger partial charge in [0, 0.05) is 67.9 Å². The van der Waals surface area contributed by atoms with Crippen molar-refractivity contribution in [1.29, 1.82) is 0 Å². The molecule has 1 fully saturated rings. The van der Waals surface area contributed by atoms with Crippen LogP contribution in [0, 0.1) is 11.3 Å². The third kappa shape index (κ3) is 3.39. The molecular formula is C45H31N5. The number of hydrogen-bond acceptors (Lipinski definition) is 3. The number of allylic oxidation sites excluding steroid dienone is 8. The zero-order chi connectivity index (χ0) is 32.6. The molecule has 4 aliphatic carbocycles. The van der Waals surface area contributed by atoms with Crippen LogP contribution < -0.4 is 0 Å². The molecule has 50 heavy (non-hydrogen) atoms. The smallest absolute Gasteiger partial charge is 0.238 e. The summed E-state index contributed by atoms with van der Waals surface area (Å²) in [5.41, 5.74) is 15.0. The van der Waals surface area contributed by atoms with E-state index in [2.05, 4.69) is 137 Å². The molecule has 3 aromatic heterocycles. The van der Waals surface area contributed by atoms with Gasteiger partial charge in [0.2, 0.25) is 5.95 Å². The van der Waals surface area contributed by atoms with Crippen molar-refractivity contribution in [3.8, 4) is 39.6 Å². The molecule has 5 heteroatoms. The topological polar surface area (TPSA) is 48.5 Å². The summed E-state index contributed by atoms with van der Waals surface area (Å²) in [5, 5.41) is 2.52. The quantitative estimate of drug-likeness (QED) is 0.179. The fourth-order valence-corrected chi connectivity index (χ4v) is 9.71. The van der Waals surface area contributed by atoms with Gasteiger partial charge in [0.1, 0.15) is 0 Å². The Kier molecular flexibility index (Phi) is 5.12. The number of nitrogens with zero attached hydrogens (tertiary/aromatic N) is 5. The summed E-state index contributed by atoms with van der Waals surface area (Å²) >= 11 is 0. The zero-order valence-corrected chi connectivity index (χ0v) is 27.3. The molecule has 0 amide bonds. The van der Waals surface area contributed by atoms with Crippen LogP contribution in [0.5, 0.6) is 0 Å². The van der Waals surface area contributed by atoms with Crippen LogP contribution in [0.3, 0.4) is 0 Å². The molecule has 4 heterocycles. The lowest BCUT2D eigenvalue weighted by atomic mass is 9.80. The third-order valence-corrected chi connectivity index (χ3v) is 11.9. The number of aromatic nitrogens is 5. The normalized spacial score (nSPS) is 20.6. The highest BCUT2D eigenvalue weighted by molar-refractivity contribution is 6.09. The predicted molar refractivity (Wildman–Crippen MR) is 201 cm³/mol. The Morgan fingerprint density at radius 3 is 2.10 bits per heavy atom. The van der Waals surface area contributed by atoms with Gasteiger partial charge in [0.05, 0.1) is 11.0 Å². The minimum absolute atomic E-state index is 0.0496. The van der Waals surface area contributed by atoms with E-state index in [1.807, 2.05) is 6.07 Å². The van der Waals surface area contributed by atoms with Gasteiger partial charge >= 0.3 is 0 Å². The molecular weight excluding hydrogens is 611 g/mol. The summed E-state index contributed by atoms with van der Waals surface area (Å²) in [4.78, 5) is 16.1. The highest BCUT2D eigenvalue weighted by atomic mass is 15.2. The summed E-state index contributed by atoms with van der Waals surface area (Å²) in [6.07, 6.45) is 15.6. The van der Waals surface area contributed by atoms with E-state index in [-0.39, 0.29) is 5.41 Å². The molecule has 1 saturated carbocycles. The second-order valence-electron chi connectivity index (χ2n) is 14.3. The first-order valence-electron chi connectivity index (χ1n) is 17.8. The van der Waals surface area contributed by atoms with Gasteiger partial charge in [-0.15, -0.1) is 0 Å². The van der Waals surface area contributed by atoms with Crippen molar-refractivity contribution in [2.75, 3.05) is 0 Å². The zero-order valence-electron chi connectivity index (χ0n) is 27.3. The summed E-state index contributed by atoms with van der Waals surface area (Å²) in [6.45, 7) is 0. The molecule has 5 aliphatic rings. The first-order chi connectivity index (χ1) is 24.8. The second kappa shape index (κ2) is 9.54. The minimum Gasteiger partial charge on any atom is -0.316 e. The number of hydrogen-bond donors (Lipinski definition) is 0. The predicted octanol–water partition coefficient (Wildman–Crippen LogP) is 10.2. The van der Waals surface area contributed by atoms with E-state index in [1.54, 1.807) is 0 Å². The molecule has 1 aliphatic heterocycles. The summed E-state index contributed by atoms with van der Waals surface area (Å²) in [5.74, 6) is 2.51. The minimum atomic E-state index is -0.0496. The molecule has 6 bridgehead atoms. The van der Waals surface area contributed by atoms with Gasteiger partial charge in [0.15, 0.2) is 11.6 Å². The number of para-hydroxylation sites is 2. The summed E-state index contributed by atoms with van der Waals surface area (Å²) in [7, 11) is 0. The van der Waals surface area contributed by atoms with Crippen molar-refractivity contribution in [3.63, 3.8) is 0 Å². The Morgan fingerprint density at radius 2 is 1.32 bits per heavy atom. The van der Waals surface area contributed by atoms with Crippen molar-refractivity contribution >= 4 is 33.1 Å². The first kappa shape index (κ1) is 26.8. The Labute approximate surface area is 289 Å². The number of rotatable bonds is 1. The van der Waals surface area contributed by atoms with Crippen LogP contribution in [0.2, 0.25) is 0 Å². The van der Waals surface area contributed by atoms with Crippen LogP contribution in [0.25, 0.3) is 72.7 Å². The Balaban J connectivity index is 1.30. The monoisotopic (exact) mass is 641 g/mol. The standard InChI is InChI=1S/C45H31N5/c1-2-13-27(14-3-1)42-46-43-30-17-6-9-20-33(30)45-24-12-23-37(34(45)26-45)49-35-21-10-7-18-31(35)40-28-15-4-5-16-29(28)41-32-19-8-11-22-36(32)50(44(47-42)48-43)39(41)25-38(40)49/h1-8,10-19,21-24,34H,9,20,25-26H2. The van der Waals surface area contributed by atoms with Gasteiger partial charge in [-0.25, -0.2) is 4.98 Å². The largest absolute Gasteiger partial charge is 0.316 e. The fraction of sp³-hybridized carbons (Fsp3) is 0.133. The van der Waals surface area contributed by atoms with Crippen LogP contribution in [-0.4, -0.2) is 24.1 Å². The van der Waals surface area contributed by atoms with E-state index >= 15 is 0 Å². The molecule has 7 aromatic rings. The van der Waals surface area contributed by atoms with Gasteiger partial charge in [-0.1, -0.05) is 115 Å². The van der Waals surface area contributed by atoms with Crippen LogP contribution >= 0.6 is 0 Å². The second-order valence-corrected chi connectivity index (χ2v) is 14.3. The van der Waals surface area contributed by atoms with Crippen molar-refractivity contribution < 1.29 is 0 Å². The molecule has 2 atom stereocenters. The SMILES string of the molecule is C1=CC23CC2C(=C1)n1c2c(c4ccccc41)-c1ccccc1-c1c(n(c4ccccc14)-c1nc(nc(-c4ccccc4)n1)C1=C3CCC=C1)C2. The Bertz CT molecular complexity index is 2770. The molecule has 0 saturated heterocycles. The highest BCUT2D eigenvalue weighted by Crippen LogP contribution is 2.68. The lowest BCUT2D eigenvalue weighted by Crippen LogP contribution is -2.16. The van der Waals surface area contributed by atoms with Crippen LogP contribution in [0.15, 0.2) is 139 Å². The van der Waals surface area contributed by atoms with Crippen molar-refractivity contribution in [3.05, 3.63) is 156 Å². The highest BCUT2D eigenvalue weighted by Gasteiger charge is 2.58. The molecule has 4 aromatic carbocycles. The Hall–Kier alpha value is -6.07. The lowest BCUT2D eigenvalue weighted by molar-refractivity contribution is 0.671. The van der Waals surface area contributed by atoms with Crippen LogP contribution in [0.1, 0.15) is 36.5 Å². The van der Waals surface area contributed by atoms with E-state index in [0.29, 0.717) is 17.7 Å². The van der Waals surface area contributed by atoms with Crippen molar-refractivity contribution in [2.24, 2.45) is 11.3 Å². The van der Waals surface area contributed by atoms with Gasteiger partial charge in [0.25, 0.3) is 0 Å².